The summed E-state index contributed by atoms with van der Waals surface area (Å²) in [5.74, 6) is 2.38. The van der Waals surface area contributed by atoms with E-state index in [0.717, 1.165) is 13.2 Å². The molecule has 0 unspecified atom stereocenters. The zero-order valence-corrected chi connectivity index (χ0v) is 9.80. The lowest BCUT2D eigenvalue weighted by atomic mass is 10.7. The summed E-state index contributed by atoms with van der Waals surface area (Å²) in [7, 11) is 0. The van der Waals surface area contributed by atoms with Crippen LogP contribution in [-0.2, 0) is 18.0 Å². The molecule has 0 bridgehead atoms. The van der Waals surface area contributed by atoms with E-state index in [1.165, 1.54) is 11.5 Å². The fraction of sp³-hybridized carbons (Fsp3) is 0.700. The minimum absolute atomic E-state index is 0.657. The second kappa shape index (κ2) is 6.90. The van der Waals surface area contributed by atoms with Gasteiger partial charge in [0.15, 0.2) is 6.73 Å². The summed E-state index contributed by atoms with van der Waals surface area (Å²) in [6.45, 7) is 6.71. The van der Waals surface area contributed by atoms with E-state index in [9.17, 15) is 0 Å². The third-order valence-electron chi connectivity index (χ3n) is 1.89. The van der Waals surface area contributed by atoms with Crippen molar-refractivity contribution in [3.8, 4) is 0 Å². The standard InChI is InChI=1S/C10H19N2OS/c1-3-13-10-12-6-5-11(9-12)7-8-14-4-2/h5-6,9H,3-4,7-8,10H2,1-2H3/q+1. The van der Waals surface area contributed by atoms with Gasteiger partial charge in [-0.25, -0.2) is 9.13 Å². The molecule has 0 aliphatic carbocycles. The first kappa shape index (κ1) is 11.6. The highest BCUT2D eigenvalue weighted by Crippen LogP contribution is 1.99. The molecule has 0 radical (unpaired) electrons. The Morgan fingerprint density at radius 3 is 3.00 bits per heavy atom. The lowest BCUT2D eigenvalue weighted by Gasteiger charge is -1.96. The van der Waals surface area contributed by atoms with Crippen molar-refractivity contribution in [1.29, 1.82) is 0 Å². The Bertz CT molecular complexity index is 250. The Labute approximate surface area is 90.1 Å². The zero-order valence-electron chi connectivity index (χ0n) is 8.98. The van der Waals surface area contributed by atoms with Crippen LogP contribution in [0.4, 0.5) is 0 Å². The molecule has 0 saturated carbocycles. The molecule has 1 aromatic heterocycles. The lowest BCUT2D eigenvalue weighted by molar-refractivity contribution is -0.732. The summed E-state index contributed by atoms with van der Waals surface area (Å²) in [5.41, 5.74) is 0. The molecule has 0 atom stereocenters. The van der Waals surface area contributed by atoms with Crippen LogP contribution < -0.4 is 4.57 Å². The Hall–Kier alpha value is -0.480. The summed E-state index contributed by atoms with van der Waals surface area (Å²) in [5, 5.41) is 0. The predicted octanol–water partition coefficient (Wildman–Crippen LogP) is 1.52. The molecule has 3 nitrogen and oxygen atoms in total. The smallest absolute Gasteiger partial charge is 0.245 e. The molecule has 1 aromatic rings. The van der Waals surface area contributed by atoms with E-state index in [0.29, 0.717) is 6.73 Å². The van der Waals surface area contributed by atoms with Gasteiger partial charge in [0.05, 0.1) is 6.54 Å². The molecule has 0 aliphatic heterocycles. The van der Waals surface area contributed by atoms with Crippen molar-refractivity contribution in [3.05, 3.63) is 18.7 Å². The minimum atomic E-state index is 0.657. The Balaban J connectivity index is 2.27. The molecular formula is C10H19N2OS+. The van der Waals surface area contributed by atoms with Gasteiger partial charge in [0, 0.05) is 12.4 Å². The number of rotatable bonds is 7. The third-order valence-corrected chi connectivity index (χ3v) is 2.77. The normalized spacial score (nSPS) is 10.7. The van der Waals surface area contributed by atoms with E-state index in [4.69, 9.17) is 4.74 Å². The molecule has 0 amide bonds. The van der Waals surface area contributed by atoms with Crippen molar-refractivity contribution in [2.24, 2.45) is 0 Å². The molecule has 0 aromatic carbocycles. The van der Waals surface area contributed by atoms with Crippen molar-refractivity contribution in [2.75, 3.05) is 18.1 Å². The first-order valence-electron chi connectivity index (χ1n) is 5.07. The zero-order chi connectivity index (χ0) is 10.2. The van der Waals surface area contributed by atoms with Gasteiger partial charge in [0.1, 0.15) is 12.4 Å². The molecule has 0 fully saturated rings. The first-order chi connectivity index (χ1) is 6.86. The van der Waals surface area contributed by atoms with Crippen molar-refractivity contribution >= 4 is 11.8 Å². The molecule has 0 aliphatic rings. The van der Waals surface area contributed by atoms with Crippen molar-refractivity contribution in [1.82, 2.24) is 4.57 Å². The van der Waals surface area contributed by atoms with Gasteiger partial charge in [0.25, 0.3) is 0 Å². The quantitative estimate of drug-likeness (QED) is 0.507. The monoisotopic (exact) mass is 215 g/mol. The third kappa shape index (κ3) is 4.15. The summed E-state index contributed by atoms with van der Waals surface area (Å²) >= 11 is 1.97. The molecule has 1 heterocycles. The number of ether oxygens (including phenoxy) is 1. The van der Waals surface area contributed by atoms with E-state index >= 15 is 0 Å². The lowest BCUT2D eigenvalue weighted by Crippen LogP contribution is -2.32. The molecule has 0 N–H and O–H groups in total. The molecule has 0 spiro atoms. The number of thioether (sulfide) groups is 1. The Kier molecular flexibility index (Phi) is 5.71. The number of aryl methyl sites for hydroxylation is 1. The van der Waals surface area contributed by atoms with Crippen LogP contribution in [0.3, 0.4) is 0 Å². The molecule has 14 heavy (non-hydrogen) atoms. The number of hydrogen-bond acceptors (Lipinski definition) is 2. The highest BCUT2D eigenvalue weighted by Gasteiger charge is 2.02. The molecule has 1 rings (SSSR count). The van der Waals surface area contributed by atoms with Crippen molar-refractivity contribution < 1.29 is 9.30 Å². The van der Waals surface area contributed by atoms with Crippen molar-refractivity contribution in [2.45, 2.75) is 27.1 Å². The van der Waals surface area contributed by atoms with Crippen molar-refractivity contribution in [3.63, 3.8) is 0 Å². The van der Waals surface area contributed by atoms with Gasteiger partial charge in [-0.15, -0.1) is 0 Å². The second-order valence-corrected chi connectivity index (χ2v) is 4.38. The maximum absolute atomic E-state index is 5.30. The van der Waals surface area contributed by atoms with Gasteiger partial charge in [0.2, 0.25) is 6.33 Å². The van der Waals surface area contributed by atoms with Crippen LogP contribution in [0.2, 0.25) is 0 Å². The van der Waals surface area contributed by atoms with Crippen LogP contribution in [0.5, 0.6) is 0 Å². The van der Waals surface area contributed by atoms with Crippen LogP contribution >= 0.6 is 11.8 Å². The van der Waals surface area contributed by atoms with Crippen LogP contribution in [0.25, 0.3) is 0 Å². The largest absolute Gasteiger partial charge is 0.342 e. The fourth-order valence-electron chi connectivity index (χ4n) is 1.16. The first-order valence-corrected chi connectivity index (χ1v) is 6.22. The molecular weight excluding hydrogens is 196 g/mol. The van der Waals surface area contributed by atoms with Crippen LogP contribution in [0.1, 0.15) is 13.8 Å². The summed E-state index contributed by atoms with van der Waals surface area (Å²) in [4.78, 5) is 0. The number of aromatic nitrogens is 2. The fourth-order valence-corrected chi connectivity index (χ4v) is 1.79. The summed E-state index contributed by atoms with van der Waals surface area (Å²) < 4.78 is 9.55. The second-order valence-electron chi connectivity index (χ2n) is 2.98. The van der Waals surface area contributed by atoms with E-state index in [1.807, 2.05) is 24.9 Å². The van der Waals surface area contributed by atoms with E-state index < -0.39 is 0 Å². The maximum atomic E-state index is 5.30. The number of nitrogens with zero attached hydrogens (tertiary/aromatic N) is 2. The molecule has 0 saturated heterocycles. The van der Waals surface area contributed by atoms with Crippen LogP contribution in [0, 0.1) is 0 Å². The summed E-state index contributed by atoms with van der Waals surface area (Å²) in [6, 6.07) is 0. The van der Waals surface area contributed by atoms with E-state index in [1.54, 1.807) is 0 Å². The van der Waals surface area contributed by atoms with Gasteiger partial charge >= 0.3 is 0 Å². The van der Waals surface area contributed by atoms with Crippen LogP contribution in [0.15, 0.2) is 18.7 Å². The van der Waals surface area contributed by atoms with Gasteiger partial charge < -0.3 is 4.74 Å². The molecule has 80 valence electrons. The van der Waals surface area contributed by atoms with Gasteiger partial charge in [-0.2, -0.15) is 11.8 Å². The Morgan fingerprint density at radius 2 is 2.29 bits per heavy atom. The maximum Gasteiger partial charge on any atom is 0.245 e. The van der Waals surface area contributed by atoms with Gasteiger partial charge in [-0.05, 0) is 12.7 Å². The average Bonchev–Trinajstić information content (AvgIpc) is 2.63. The van der Waals surface area contributed by atoms with Crippen LogP contribution in [-0.4, -0.2) is 22.7 Å². The SMILES string of the molecule is CCOC[n+]1ccn(CCSCC)c1. The Morgan fingerprint density at radius 1 is 1.43 bits per heavy atom. The summed E-state index contributed by atoms with van der Waals surface area (Å²) in [6.07, 6.45) is 6.23. The predicted molar refractivity (Wildman–Crippen MR) is 59.3 cm³/mol. The average molecular weight is 215 g/mol. The highest BCUT2D eigenvalue weighted by molar-refractivity contribution is 7.99. The van der Waals surface area contributed by atoms with Gasteiger partial charge in [-0.1, -0.05) is 6.92 Å². The highest BCUT2D eigenvalue weighted by atomic mass is 32.2. The van der Waals surface area contributed by atoms with E-state index in [2.05, 4.69) is 28.6 Å². The topological polar surface area (TPSA) is 18.0 Å². The van der Waals surface area contributed by atoms with Gasteiger partial charge in [-0.3, -0.25) is 0 Å². The molecule has 4 heteroatoms. The minimum Gasteiger partial charge on any atom is -0.342 e. The number of hydrogen-bond donors (Lipinski definition) is 0. The number of imidazole rings is 1. The van der Waals surface area contributed by atoms with E-state index in [-0.39, 0.29) is 0 Å².